The number of piperazine rings is 1. The Morgan fingerprint density at radius 1 is 0.933 bits per heavy atom. The number of carbonyl (C=O) groups is 3. The third-order valence-electron chi connectivity index (χ3n) is 6.28. The summed E-state index contributed by atoms with van der Waals surface area (Å²) in [7, 11) is 0. The lowest BCUT2D eigenvalue weighted by atomic mass is 9.93. The standard InChI is InChI=1S/C18H23N3O3.C2H2O4/c22-18(14-3-5-16(6-4-14)21(23)24)20-9-7-19(8-10-20)17-12-13-1-2-15(17)11-13;3-1(4)2(5)6/h3-6,13,15,17H,1-2,7-12H2;(H,3,4)(H,5,6). The van der Waals surface area contributed by atoms with E-state index >= 15 is 0 Å². The van der Waals surface area contributed by atoms with Gasteiger partial charge in [0.15, 0.2) is 0 Å². The third-order valence-corrected chi connectivity index (χ3v) is 6.28. The molecular formula is C20H25N3O7. The summed E-state index contributed by atoms with van der Waals surface area (Å²) in [5.41, 5.74) is 0.557. The van der Waals surface area contributed by atoms with Gasteiger partial charge in [-0.3, -0.25) is 19.8 Å². The first kappa shape index (κ1) is 21.7. The summed E-state index contributed by atoms with van der Waals surface area (Å²) in [4.78, 5) is 45.5. The Labute approximate surface area is 173 Å². The van der Waals surface area contributed by atoms with Crippen LogP contribution in [0.4, 0.5) is 5.69 Å². The normalized spacial score (nSPS) is 25.3. The molecule has 2 bridgehead atoms. The largest absolute Gasteiger partial charge is 0.473 e. The molecule has 1 aromatic carbocycles. The quantitative estimate of drug-likeness (QED) is 0.428. The van der Waals surface area contributed by atoms with Crippen LogP contribution in [0.25, 0.3) is 0 Å². The molecule has 3 unspecified atom stereocenters. The fourth-order valence-corrected chi connectivity index (χ4v) is 4.82. The second-order valence-electron chi connectivity index (χ2n) is 7.98. The van der Waals surface area contributed by atoms with Crippen LogP contribution in [0.3, 0.4) is 0 Å². The molecule has 3 fully saturated rings. The molecule has 0 aromatic heterocycles. The predicted molar refractivity (Wildman–Crippen MR) is 105 cm³/mol. The lowest BCUT2D eigenvalue weighted by molar-refractivity contribution is -0.384. The van der Waals surface area contributed by atoms with E-state index in [0.29, 0.717) is 5.56 Å². The highest BCUT2D eigenvalue weighted by Crippen LogP contribution is 2.46. The van der Waals surface area contributed by atoms with Crippen LogP contribution in [-0.4, -0.2) is 75.0 Å². The molecule has 1 aliphatic heterocycles. The smallest absolute Gasteiger partial charge is 0.414 e. The van der Waals surface area contributed by atoms with E-state index in [2.05, 4.69) is 4.90 Å². The molecule has 2 N–H and O–H groups in total. The minimum Gasteiger partial charge on any atom is -0.473 e. The van der Waals surface area contributed by atoms with E-state index in [4.69, 9.17) is 19.8 Å². The SMILES string of the molecule is O=C(O)C(=O)O.O=C(c1ccc([N+](=O)[O-])cc1)N1CCN(C2CC3CCC2C3)CC1. The van der Waals surface area contributed by atoms with Crippen molar-refractivity contribution < 1.29 is 29.5 Å². The molecule has 1 aromatic rings. The number of carboxylic acids is 2. The van der Waals surface area contributed by atoms with Crippen LogP contribution in [0.5, 0.6) is 0 Å². The molecule has 1 saturated heterocycles. The Kier molecular flexibility index (Phi) is 6.66. The maximum absolute atomic E-state index is 12.6. The number of hydrogen-bond donors (Lipinski definition) is 2. The number of rotatable bonds is 3. The summed E-state index contributed by atoms with van der Waals surface area (Å²) in [5.74, 6) is -1.84. The summed E-state index contributed by atoms with van der Waals surface area (Å²) >= 11 is 0. The van der Waals surface area contributed by atoms with Crippen molar-refractivity contribution in [1.82, 2.24) is 9.80 Å². The fraction of sp³-hybridized carbons (Fsp3) is 0.550. The average molecular weight is 419 g/mol. The first-order chi connectivity index (χ1) is 14.3. The molecule has 0 radical (unpaired) electrons. The number of nitrogens with zero attached hydrogens (tertiary/aromatic N) is 3. The molecule has 30 heavy (non-hydrogen) atoms. The van der Waals surface area contributed by atoms with Crippen molar-refractivity contribution in [2.75, 3.05) is 26.2 Å². The number of aliphatic carboxylic acids is 2. The zero-order valence-corrected chi connectivity index (χ0v) is 16.5. The first-order valence-corrected chi connectivity index (χ1v) is 10.00. The predicted octanol–water partition coefficient (Wildman–Crippen LogP) is 1.70. The maximum Gasteiger partial charge on any atom is 0.414 e. The van der Waals surface area contributed by atoms with Crippen LogP contribution >= 0.6 is 0 Å². The highest BCUT2D eigenvalue weighted by Gasteiger charge is 2.42. The maximum atomic E-state index is 12.6. The Morgan fingerprint density at radius 3 is 1.97 bits per heavy atom. The van der Waals surface area contributed by atoms with E-state index in [1.165, 1.54) is 37.8 Å². The van der Waals surface area contributed by atoms with Gasteiger partial charge in [-0.1, -0.05) is 6.42 Å². The number of hydrogen-bond acceptors (Lipinski definition) is 6. The topological polar surface area (TPSA) is 141 Å². The summed E-state index contributed by atoms with van der Waals surface area (Å²) in [6, 6.07) is 6.66. The second-order valence-corrected chi connectivity index (χ2v) is 7.98. The van der Waals surface area contributed by atoms with Crippen molar-refractivity contribution in [3.8, 4) is 0 Å². The molecule has 1 amide bonds. The number of carboxylic acid groups (broad SMARTS) is 2. The molecule has 2 aliphatic carbocycles. The molecule has 4 rings (SSSR count). The van der Waals surface area contributed by atoms with Gasteiger partial charge in [0.1, 0.15) is 0 Å². The first-order valence-electron chi connectivity index (χ1n) is 10.00. The van der Waals surface area contributed by atoms with E-state index in [1.807, 2.05) is 4.90 Å². The molecule has 162 valence electrons. The Morgan fingerprint density at radius 2 is 1.53 bits per heavy atom. The van der Waals surface area contributed by atoms with Gasteiger partial charge in [0.05, 0.1) is 4.92 Å². The van der Waals surface area contributed by atoms with Gasteiger partial charge in [-0.25, -0.2) is 9.59 Å². The molecule has 10 nitrogen and oxygen atoms in total. The van der Waals surface area contributed by atoms with Gasteiger partial charge in [0.25, 0.3) is 11.6 Å². The van der Waals surface area contributed by atoms with Crippen LogP contribution in [-0.2, 0) is 9.59 Å². The molecule has 10 heteroatoms. The number of amides is 1. The van der Waals surface area contributed by atoms with Crippen LogP contribution in [0, 0.1) is 22.0 Å². The van der Waals surface area contributed by atoms with Gasteiger partial charge < -0.3 is 15.1 Å². The monoisotopic (exact) mass is 419 g/mol. The van der Waals surface area contributed by atoms with Crippen molar-refractivity contribution in [2.45, 2.75) is 31.7 Å². The Hall–Kier alpha value is -3.01. The molecule has 1 heterocycles. The van der Waals surface area contributed by atoms with Crippen LogP contribution < -0.4 is 0 Å². The lowest BCUT2D eigenvalue weighted by Gasteiger charge is -2.41. The number of carbonyl (C=O) groups excluding carboxylic acids is 1. The Bertz CT molecular complexity index is 806. The van der Waals surface area contributed by atoms with Gasteiger partial charge in [0.2, 0.25) is 0 Å². The number of non-ortho nitro benzene ring substituents is 1. The lowest BCUT2D eigenvalue weighted by Crippen LogP contribution is -2.53. The molecule has 3 atom stereocenters. The van der Waals surface area contributed by atoms with Crippen molar-refractivity contribution in [3.05, 3.63) is 39.9 Å². The summed E-state index contributed by atoms with van der Waals surface area (Å²) < 4.78 is 0. The van der Waals surface area contributed by atoms with Crippen molar-refractivity contribution in [1.29, 1.82) is 0 Å². The van der Waals surface area contributed by atoms with Gasteiger partial charge in [-0.05, 0) is 43.2 Å². The van der Waals surface area contributed by atoms with E-state index in [0.717, 1.165) is 44.1 Å². The number of benzene rings is 1. The molecule has 3 aliphatic rings. The number of nitro benzene ring substituents is 1. The summed E-state index contributed by atoms with van der Waals surface area (Å²) in [5, 5.41) is 25.5. The van der Waals surface area contributed by atoms with Crippen LogP contribution in [0.1, 0.15) is 36.0 Å². The fourth-order valence-electron chi connectivity index (χ4n) is 4.82. The molecule has 0 spiro atoms. The minimum absolute atomic E-state index is 0.0162. The molecule has 2 saturated carbocycles. The van der Waals surface area contributed by atoms with E-state index < -0.39 is 16.9 Å². The van der Waals surface area contributed by atoms with Gasteiger partial charge >= 0.3 is 11.9 Å². The van der Waals surface area contributed by atoms with Crippen LogP contribution in [0.2, 0.25) is 0 Å². The van der Waals surface area contributed by atoms with Crippen LogP contribution in [0.15, 0.2) is 24.3 Å². The third kappa shape index (κ3) is 4.93. The van der Waals surface area contributed by atoms with E-state index in [1.54, 1.807) is 12.1 Å². The van der Waals surface area contributed by atoms with Crippen molar-refractivity contribution in [3.63, 3.8) is 0 Å². The van der Waals surface area contributed by atoms with Gasteiger partial charge in [-0.2, -0.15) is 0 Å². The minimum atomic E-state index is -1.82. The van der Waals surface area contributed by atoms with Crippen molar-refractivity contribution >= 4 is 23.5 Å². The highest BCUT2D eigenvalue weighted by molar-refractivity contribution is 6.27. The van der Waals surface area contributed by atoms with E-state index in [-0.39, 0.29) is 11.6 Å². The number of fused-ring (bicyclic) bond motifs is 2. The zero-order chi connectivity index (χ0) is 21.8. The second kappa shape index (κ2) is 9.21. The summed E-state index contributed by atoms with van der Waals surface area (Å²) in [6.45, 7) is 3.41. The van der Waals surface area contributed by atoms with Gasteiger partial charge in [-0.15, -0.1) is 0 Å². The van der Waals surface area contributed by atoms with Crippen molar-refractivity contribution in [2.24, 2.45) is 11.8 Å². The number of nitro groups is 1. The Balaban J connectivity index is 0.000000377. The molecular weight excluding hydrogens is 394 g/mol. The summed E-state index contributed by atoms with van der Waals surface area (Å²) in [6.07, 6.45) is 5.56. The van der Waals surface area contributed by atoms with E-state index in [9.17, 15) is 14.9 Å². The zero-order valence-electron chi connectivity index (χ0n) is 16.5. The van der Waals surface area contributed by atoms with Gasteiger partial charge in [0, 0.05) is 49.9 Å². The average Bonchev–Trinajstić information content (AvgIpc) is 3.37. The highest BCUT2D eigenvalue weighted by atomic mass is 16.6.